The number of aliphatic hydroxyl groups is 1. The first kappa shape index (κ1) is 24.2. The number of halogens is 3. The van der Waals surface area contributed by atoms with E-state index in [1.807, 2.05) is 0 Å². The van der Waals surface area contributed by atoms with Gasteiger partial charge in [-0.2, -0.15) is 13.2 Å². The molecule has 2 amide bonds. The number of nitrogens with zero attached hydrogens (tertiary/aromatic N) is 5. The summed E-state index contributed by atoms with van der Waals surface area (Å²) >= 11 is 0.807. The molecule has 35 heavy (non-hydrogen) atoms. The first-order chi connectivity index (χ1) is 16.7. The number of alkyl halides is 3. The quantitative estimate of drug-likeness (QED) is 0.347. The molecule has 0 fully saturated rings. The van der Waals surface area contributed by atoms with Gasteiger partial charge in [-0.15, -0.1) is 21.5 Å². The van der Waals surface area contributed by atoms with Gasteiger partial charge in [-0.3, -0.25) is 10.3 Å². The smallest absolute Gasteiger partial charge is 0.418 e. The van der Waals surface area contributed by atoms with E-state index in [2.05, 4.69) is 35.8 Å². The summed E-state index contributed by atoms with van der Waals surface area (Å²) in [4.78, 5) is 24.1. The van der Waals surface area contributed by atoms with Crippen LogP contribution in [0.2, 0.25) is 0 Å². The monoisotopic (exact) mass is 505 g/mol. The van der Waals surface area contributed by atoms with Crippen molar-refractivity contribution in [3.05, 3.63) is 47.7 Å². The van der Waals surface area contributed by atoms with Crippen LogP contribution >= 0.6 is 11.3 Å². The minimum atomic E-state index is -4.61. The highest BCUT2D eigenvalue weighted by atomic mass is 32.1. The van der Waals surface area contributed by atoms with Gasteiger partial charge < -0.3 is 14.8 Å². The molecule has 3 N–H and O–H groups in total. The summed E-state index contributed by atoms with van der Waals surface area (Å²) in [5.74, 6) is 0.255. The van der Waals surface area contributed by atoms with E-state index in [0.717, 1.165) is 16.7 Å². The molecule has 0 saturated heterocycles. The number of aromatic nitrogens is 5. The Hall–Kier alpha value is -3.91. The Morgan fingerprint density at radius 1 is 1.17 bits per heavy atom. The van der Waals surface area contributed by atoms with Crippen LogP contribution in [0.15, 0.2) is 40.5 Å². The predicted octanol–water partition coefficient (Wildman–Crippen LogP) is 4.53. The van der Waals surface area contributed by atoms with E-state index in [1.165, 1.54) is 31.6 Å². The molecule has 1 atom stereocenters. The summed E-state index contributed by atoms with van der Waals surface area (Å²) in [6.07, 6.45) is -1.20. The summed E-state index contributed by atoms with van der Waals surface area (Å²) in [6.45, 7) is 3.59. The number of carbonyl (C=O) groups excluding carboxylic acids is 1. The molecule has 0 spiro atoms. The average Bonchev–Trinajstić information content (AvgIpc) is 3.50. The summed E-state index contributed by atoms with van der Waals surface area (Å²) in [6, 6.07) is 2.57. The van der Waals surface area contributed by atoms with Gasteiger partial charge in [-0.1, -0.05) is 0 Å². The largest absolute Gasteiger partial charge is 0.434 e. The average molecular weight is 505 g/mol. The van der Waals surface area contributed by atoms with Crippen LogP contribution in [0.25, 0.3) is 33.2 Å². The van der Waals surface area contributed by atoms with Gasteiger partial charge in [0.15, 0.2) is 5.69 Å². The van der Waals surface area contributed by atoms with Crippen molar-refractivity contribution in [3.63, 3.8) is 0 Å². The van der Waals surface area contributed by atoms with Gasteiger partial charge in [0.25, 0.3) is 0 Å². The zero-order chi connectivity index (χ0) is 25.2. The fourth-order valence-corrected chi connectivity index (χ4v) is 3.86. The molecule has 4 rings (SSSR count). The lowest BCUT2D eigenvalue weighted by Gasteiger charge is -2.11. The van der Waals surface area contributed by atoms with Crippen molar-refractivity contribution >= 4 is 23.2 Å². The third-order valence-electron chi connectivity index (χ3n) is 4.60. The van der Waals surface area contributed by atoms with Crippen LogP contribution in [0.5, 0.6) is 0 Å². The third kappa shape index (κ3) is 5.44. The van der Waals surface area contributed by atoms with Crippen molar-refractivity contribution in [1.82, 2.24) is 30.5 Å². The van der Waals surface area contributed by atoms with Crippen LogP contribution in [0.1, 0.15) is 31.5 Å². The summed E-state index contributed by atoms with van der Waals surface area (Å²) in [7, 11) is 0. The van der Waals surface area contributed by atoms with Crippen molar-refractivity contribution < 1.29 is 27.5 Å². The Labute approximate surface area is 200 Å². The molecule has 14 heteroatoms. The Balaban J connectivity index is 1.79. The lowest BCUT2D eigenvalue weighted by molar-refractivity contribution is -0.140. The molecule has 0 aliphatic carbocycles. The molecular weight excluding hydrogens is 487 g/mol. The Morgan fingerprint density at radius 3 is 2.60 bits per heavy atom. The SMILES string of the molecule is CCNC(=O)Nc1cc(-c2nc(C(F)(F)F)cs2)c(-c2cncc(-c3nnc([C@H](C)O)o3)c2)cn1. The number of urea groups is 1. The van der Waals surface area contributed by atoms with Gasteiger partial charge in [-0.05, 0) is 26.0 Å². The topological polar surface area (TPSA) is 139 Å². The molecule has 0 saturated carbocycles. The van der Waals surface area contributed by atoms with Crippen molar-refractivity contribution in [2.24, 2.45) is 0 Å². The number of thiazole rings is 1. The van der Waals surface area contributed by atoms with Crippen LogP contribution in [0.4, 0.5) is 23.8 Å². The lowest BCUT2D eigenvalue weighted by Crippen LogP contribution is -2.28. The van der Waals surface area contributed by atoms with Gasteiger partial charge in [0, 0.05) is 47.2 Å². The molecule has 0 aromatic carbocycles. The zero-order valence-electron chi connectivity index (χ0n) is 18.3. The fourth-order valence-electron chi connectivity index (χ4n) is 3.00. The summed E-state index contributed by atoms with van der Waals surface area (Å²) in [5, 5.41) is 23.4. The number of carbonyl (C=O) groups is 1. The highest BCUT2D eigenvalue weighted by Crippen LogP contribution is 2.39. The second-order valence-electron chi connectivity index (χ2n) is 7.22. The van der Waals surface area contributed by atoms with Crippen LogP contribution < -0.4 is 10.6 Å². The van der Waals surface area contributed by atoms with Crippen molar-refractivity contribution in [2.75, 3.05) is 11.9 Å². The maximum Gasteiger partial charge on any atom is 0.434 e. The van der Waals surface area contributed by atoms with Gasteiger partial charge in [0.2, 0.25) is 11.8 Å². The van der Waals surface area contributed by atoms with E-state index in [4.69, 9.17) is 4.42 Å². The minimum absolute atomic E-state index is 0.0241. The zero-order valence-corrected chi connectivity index (χ0v) is 19.1. The second-order valence-corrected chi connectivity index (χ2v) is 8.08. The standard InChI is InChI=1S/C21H18F3N7O3S/c1-3-26-20(33)29-16-5-13(19-28-15(9-35-19)21(22,23)24)14(8-27-16)11-4-12(7-25-6-11)18-31-30-17(34-18)10(2)32/h4-10,32H,3H2,1-2H3,(H2,26,27,29,33)/t10-/m0/s1. The fraction of sp³-hybridized carbons (Fsp3) is 0.238. The van der Waals surface area contributed by atoms with Crippen LogP contribution in [-0.2, 0) is 6.18 Å². The summed E-state index contributed by atoms with van der Waals surface area (Å²) < 4.78 is 45.0. The van der Waals surface area contributed by atoms with E-state index >= 15 is 0 Å². The molecule has 0 radical (unpaired) electrons. The number of nitrogens with one attached hydrogen (secondary N) is 2. The van der Waals surface area contributed by atoms with Gasteiger partial charge >= 0.3 is 12.2 Å². The Kier molecular flexibility index (Phi) is 6.75. The lowest BCUT2D eigenvalue weighted by atomic mass is 10.0. The molecule has 0 aliphatic heterocycles. The molecule has 0 unspecified atom stereocenters. The van der Waals surface area contributed by atoms with Crippen molar-refractivity contribution in [3.8, 4) is 33.2 Å². The minimum Gasteiger partial charge on any atom is -0.418 e. The van der Waals surface area contributed by atoms with E-state index < -0.39 is 24.0 Å². The van der Waals surface area contributed by atoms with Crippen LogP contribution in [0, 0.1) is 0 Å². The van der Waals surface area contributed by atoms with Gasteiger partial charge in [0.1, 0.15) is 16.9 Å². The predicted molar refractivity (Wildman–Crippen MR) is 120 cm³/mol. The molecule has 4 heterocycles. The molecule has 4 aromatic heterocycles. The molecule has 4 aromatic rings. The van der Waals surface area contributed by atoms with E-state index in [1.54, 1.807) is 13.0 Å². The van der Waals surface area contributed by atoms with Crippen molar-refractivity contribution in [2.45, 2.75) is 26.1 Å². The molecule has 0 aliphatic rings. The molecule has 10 nitrogen and oxygen atoms in total. The maximum atomic E-state index is 13.2. The van der Waals surface area contributed by atoms with Crippen LogP contribution in [0.3, 0.4) is 0 Å². The van der Waals surface area contributed by atoms with Crippen molar-refractivity contribution in [1.29, 1.82) is 0 Å². The summed E-state index contributed by atoms with van der Waals surface area (Å²) in [5.41, 5.74) is 0.602. The van der Waals surface area contributed by atoms with Gasteiger partial charge in [-0.25, -0.2) is 14.8 Å². The molecule has 0 bridgehead atoms. The Morgan fingerprint density at radius 2 is 1.94 bits per heavy atom. The van der Waals surface area contributed by atoms with Crippen LogP contribution in [-0.4, -0.2) is 42.8 Å². The normalized spacial score (nSPS) is 12.4. The van der Waals surface area contributed by atoms with Gasteiger partial charge in [0.05, 0.1) is 5.56 Å². The van der Waals surface area contributed by atoms with E-state index in [9.17, 15) is 23.1 Å². The first-order valence-electron chi connectivity index (χ1n) is 10.2. The number of hydrogen-bond acceptors (Lipinski definition) is 9. The first-order valence-corrected chi connectivity index (χ1v) is 11.1. The highest BCUT2D eigenvalue weighted by Gasteiger charge is 2.34. The highest BCUT2D eigenvalue weighted by molar-refractivity contribution is 7.13. The number of rotatable bonds is 6. The van der Waals surface area contributed by atoms with E-state index in [-0.39, 0.29) is 22.6 Å². The maximum absolute atomic E-state index is 13.2. The Bertz CT molecular complexity index is 1350. The van der Waals surface area contributed by atoms with E-state index in [0.29, 0.717) is 28.8 Å². The number of pyridine rings is 2. The number of hydrogen-bond donors (Lipinski definition) is 3. The number of anilines is 1. The second kappa shape index (κ2) is 9.76. The molecular formula is C21H18F3N7O3S. The third-order valence-corrected chi connectivity index (χ3v) is 5.48. The number of amides is 2. The molecule has 182 valence electrons. The number of aliphatic hydroxyl groups excluding tert-OH is 1.